The van der Waals surface area contributed by atoms with E-state index >= 15 is 0 Å². The van der Waals surface area contributed by atoms with Gasteiger partial charge in [-0.3, -0.25) is 0 Å². The van der Waals surface area contributed by atoms with Gasteiger partial charge in [-0.25, -0.2) is 0 Å². The van der Waals surface area contributed by atoms with Crippen LogP contribution in [0.25, 0.3) is 0 Å². The van der Waals surface area contributed by atoms with Crippen LogP contribution in [-0.4, -0.2) is 30.5 Å². The highest BCUT2D eigenvalue weighted by Gasteiger charge is 2.11. The topological polar surface area (TPSA) is 58.9 Å². The fraction of sp³-hybridized carbons (Fsp3) is 0.250. The van der Waals surface area contributed by atoms with Crippen molar-refractivity contribution in [2.45, 2.75) is 5.92 Å². The van der Waals surface area contributed by atoms with Crippen LogP contribution in [0.1, 0.15) is 11.5 Å². The standard InChI is InChI=1S/C16H18O4/c1-19-15-6-2-12(3-7-15)13(10-17)11-20-16-8-4-14(18)5-9-16/h2-9,13,17-18H,10-11H2,1H3. The van der Waals surface area contributed by atoms with Crippen molar-refractivity contribution in [2.75, 3.05) is 20.3 Å². The van der Waals surface area contributed by atoms with Crippen molar-refractivity contribution < 1.29 is 19.7 Å². The summed E-state index contributed by atoms with van der Waals surface area (Å²) in [7, 11) is 1.62. The van der Waals surface area contributed by atoms with E-state index in [1.807, 2.05) is 24.3 Å². The van der Waals surface area contributed by atoms with Crippen molar-refractivity contribution in [3.05, 3.63) is 54.1 Å². The predicted octanol–water partition coefficient (Wildman–Crippen LogP) is 2.56. The van der Waals surface area contributed by atoms with Crippen molar-refractivity contribution in [3.8, 4) is 17.2 Å². The molecular weight excluding hydrogens is 256 g/mol. The van der Waals surface area contributed by atoms with E-state index in [2.05, 4.69) is 0 Å². The largest absolute Gasteiger partial charge is 0.508 e. The summed E-state index contributed by atoms with van der Waals surface area (Å²) in [6, 6.07) is 14.1. The van der Waals surface area contributed by atoms with E-state index in [9.17, 15) is 10.2 Å². The molecule has 1 atom stereocenters. The van der Waals surface area contributed by atoms with Crippen LogP contribution in [0.3, 0.4) is 0 Å². The third-order valence-corrected chi connectivity index (χ3v) is 3.10. The van der Waals surface area contributed by atoms with Gasteiger partial charge in [0.2, 0.25) is 0 Å². The molecule has 0 aliphatic heterocycles. The highest BCUT2D eigenvalue weighted by Crippen LogP contribution is 2.22. The Kier molecular flexibility index (Phi) is 4.85. The van der Waals surface area contributed by atoms with Crippen LogP contribution in [0.5, 0.6) is 17.2 Å². The second kappa shape index (κ2) is 6.82. The van der Waals surface area contributed by atoms with Crippen LogP contribution in [0.2, 0.25) is 0 Å². The molecule has 0 spiro atoms. The normalized spacial score (nSPS) is 11.9. The molecule has 2 rings (SSSR count). The minimum atomic E-state index is -0.102. The zero-order chi connectivity index (χ0) is 14.4. The van der Waals surface area contributed by atoms with Crippen molar-refractivity contribution in [2.24, 2.45) is 0 Å². The van der Waals surface area contributed by atoms with Crippen molar-refractivity contribution in [1.82, 2.24) is 0 Å². The Labute approximate surface area is 118 Å². The molecule has 0 amide bonds. The molecule has 2 N–H and O–H groups in total. The van der Waals surface area contributed by atoms with Gasteiger partial charge in [-0.2, -0.15) is 0 Å². The van der Waals surface area contributed by atoms with Gasteiger partial charge in [0.25, 0.3) is 0 Å². The molecular formula is C16H18O4. The number of hydrogen-bond donors (Lipinski definition) is 2. The molecule has 0 aliphatic carbocycles. The molecule has 4 heteroatoms. The third kappa shape index (κ3) is 3.65. The number of aromatic hydroxyl groups is 1. The van der Waals surface area contributed by atoms with Gasteiger partial charge in [-0.15, -0.1) is 0 Å². The van der Waals surface area contributed by atoms with Gasteiger partial charge >= 0.3 is 0 Å². The molecule has 0 heterocycles. The summed E-state index contributed by atoms with van der Waals surface area (Å²) >= 11 is 0. The number of aliphatic hydroxyl groups is 1. The number of benzene rings is 2. The number of phenols is 1. The number of aliphatic hydroxyl groups excluding tert-OH is 1. The Morgan fingerprint density at radius 3 is 2.10 bits per heavy atom. The van der Waals surface area contributed by atoms with Gasteiger partial charge in [0.15, 0.2) is 0 Å². The summed E-state index contributed by atoms with van der Waals surface area (Å²) in [6.07, 6.45) is 0. The van der Waals surface area contributed by atoms with E-state index in [0.29, 0.717) is 12.4 Å². The van der Waals surface area contributed by atoms with E-state index in [-0.39, 0.29) is 18.3 Å². The second-order valence-corrected chi connectivity index (χ2v) is 4.46. The predicted molar refractivity (Wildman–Crippen MR) is 76.4 cm³/mol. The van der Waals surface area contributed by atoms with Crippen LogP contribution < -0.4 is 9.47 Å². The van der Waals surface area contributed by atoms with Crippen molar-refractivity contribution in [3.63, 3.8) is 0 Å². The molecule has 0 fully saturated rings. The van der Waals surface area contributed by atoms with Gasteiger partial charge in [0, 0.05) is 5.92 Å². The maximum absolute atomic E-state index is 9.48. The summed E-state index contributed by atoms with van der Waals surface area (Å²) < 4.78 is 10.7. The Bertz CT molecular complexity index is 519. The average Bonchev–Trinajstić information content (AvgIpc) is 2.50. The molecule has 4 nitrogen and oxygen atoms in total. The Morgan fingerprint density at radius 2 is 1.55 bits per heavy atom. The van der Waals surface area contributed by atoms with E-state index in [4.69, 9.17) is 9.47 Å². The Hall–Kier alpha value is -2.20. The molecule has 0 saturated heterocycles. The molecule has 20 heavy (non-hydrogen) atoms. The molecule has 0 radical (unpaired) electrons. The molecule has 0 aromatic heterocycles. The lowest BCUT2D eigenvalue weighted by molar-refractivity contribution is 0.205. The first-order valence-corrected chi connectivity index (χ1v) is 6.39. The van der Waals surface area contributed by atoms with E-state index in [0.717, 1.165) is 11.3 Å². The SMILES string of the molecule is COc1ccc(C(CO)COc2ccc(O)cc2)cc1. The van der Waals surface area contributed by atoms with Crippen LogP contribution >= 0.6 is 0 Å². The smallest absolute Gasteiger partial charge is 0.119 e. The van der Waals surface area contributed by atoms with Gasteiger partial charge in [-0.1, -0.05) is 12.1 Å². The summed E-state index contributed by atoms with van der Waals surface area (Å²) in [5, 5.41) is 18.7. The summed E-state index contributed by atoms with van der Waals surface area (Å²) in [5.41, 5.74) is 0.993. The monoisotopic (exact) mass is 274 g/mol. The molecule has 0 aliphatic rings. The fourth-order valence-corrected chi connectivity index (χ4v) is 1.87. The fourth-order valence-electron chi connectivity index (χ4n) is 1.87. The lowest BCUT2D eigenvalue weighted by Crippen LogP contribution is -2.14. The van der Waals surface area contributed by atoms with Crippen LogP contribution in [0.15, 0.2) is 48.5 Å². The Morgan fingerprint density at radius 1 is 0.950 bits per heavy atom. The van der Waals surface area contributed by atoms with Crippen LogP contribution in [0.4, 0.5) is 0 Å². The molecule has 0 saturated carbocycles. The van der Waals surface area contributed by atoms with Gasteiger partial charge in [0.05, 0.1) is 20.3 Å². The zero-order valence-corrected chi connectivity index (χ0v) is 11.3. The first kappa shape index (κ1) is 14.2. The quantitative estimate of drug-likeness (QED) is 0.850. The Balaban J connectivity index is 1.99. The molecule has 106 valence electrons. The summed E-state index contributed by atoms with van der Waals surface area (Å²) in [6.45, 7) is 0.373. The second-order valence-electron chi connectivity index (χ2n) is 4.46. The number of hydrogen-bond acceptors (Lipinski definition) is 4. The van der Waals surface area contributed by atoms with E-state index < -0.39 is 0 Å². The van der Waals surface area contributed by atoms with Crippen LogP contribution in [0, 0.1) is 0 Å². The number of ether oxygens (including phenoxy) is 2. The van der Waals surface area contributed by atoms with Crippen LogP contribution in [-0.2, 0) is 0 Å². The minimum Gasteiger partial charge on any atom is -0.508 e. The maximum atomic E-state index is 9.48. The molecule has 0 bridgehead atoms. The van der Waals surface area contributed by atoms with E-state index in [1.54, 1.807) is 31.4 Å². The minimum absolute atomic E-state index is 0.00438. The first-order valence-electron chi connectivity index (χ1n) is 6.39. The van der Waals surface area contributed by atoms with Crippen molar-refractivity contribution >= 4 is 0 Å². The highest BCUT2D eigenvalue weighted by atomic mass is 16.5. The number of rotatable bonds is 6. The molecule has 1 unspecified atom stereocenters. The van der Waals surface area contributed by atoms with Crippen molar-refractivity contribution in [1.29, 1.82) is 0 Å². The van der Waals surface area contributed by atoms with Gasteiger partial charge in [-0.05, 0) is 42.0 Å². The molecule has 2 aromatic rings. The lowest BCUT2D eigenvalue weighted by atomic mass is 10.0. The lowest BCUT2D eigenvalue weighted by Gasteiger charge is -2.16. The average molecular weight is 274 g/mol. The maximum Gasteiger partial charge on any atom is 0.119 e. The highest BCUT2D eigenvalue weighted by molar-refractivity contribution is 5.31. The third-order valence-electron chi connectivity index (χ3n) is 3.10. The molecule has 2 aromatic carbocycles. The summed E-state index contributed by atoms with van der Waals surface area (Å²) in [5.74, 6) is 1.54. The van der Waals surface area contributed by atoms with Gasteiger partial charge in [0.1, 0.15) is 17.2 Å². The zero-order valence-electron chi connectivity index (χ0n) is 11.3. The number of phenolic OH excluding ortho intramolecular Hbond substituents is 1. The summed E-state index contributed by atoms with van der Waals surface area (Å²) in [4.78, 5) is 0. The first-order chi connectivity index (χ1) is 9.72. The number of methoxy groups -OCH3 is 1. The van der Waals surface area contributed by atoms with E-state index in [1.165, 1.54) is 0 Å². The van der Waals surface area contributed by atoms with Gasteiger partial charge < -0.3 is 19.7 Å².